The van der Waals surface area contributed by atoms with Crippen LogP contribution in [0.15, 0.2) is 60.2 Å². The van der Waals surface area contributed by atoms with Crippen molar-refractivity contribution in [3.63, 3.8) is 0 Å². The minimum atomic E-state index is -3.60. The lowest BCUT2D eigenvalue weighted by atomic mass is 10.1. The summed E-state index contributed by atoms with van der Waals surface area (Å²) in [5.74, 6) is 0. The van der Waals surface area contributed by atoms with Crippen LogP contribution in [0.2, 0.25) is 0 Å². The summed E-state index contributed by atoms with van der Waals surface area (Å²) in [4.78, 5) is 0.274. The van der Waals surface area contributed by atoms with Gasteiger partial charge >= 0.3 is 0 Å². The van der Waals surface area contributed by atoms with Gasteiger partial charge in [-0.05, 0) is 39.0 Å². The molecule has 20 heavy (non-hydrogen) atoms. The molecule has 0 atom stereocenters. The lowest BCUT2D eigenvalue weighted by Crippen LogP contribution is -2.46. The van der Waals surface area contributed by atoms with E-state index >= 15 is 0 Å². The summed E-state index contributed by atoms with van der Waals surface area (Å²) in [6.07, 6.45) is 3.21. The van der Waals surface area contributed by atoms with E-state index in [-0.39, 0.29) is 11.4 Å². The first-order valence-corrected chi connectivity index (χ1v) is 7.77. The van der Waals surface area contributed by atoms with Crippen molar-refractivity contribution < 1.29 is 8.42 Å². The SMILES string of the molecule is C=C=CC(C)(C)N(CC=C)S(=O)(=O)c1ccc(C)cc1. The summed E-state index contributed by atoms with van der Waals surface area (Å²) in [6.45, 7) is 12.9. The molecule has 0 aliphatic carbocycles. The van der Waals surface area contributed by atoms with E-state index < -0.39 is 15.6 Å². The average Bonchev–Trinajstić information content (AvgIpc) is 2.36. The van der Waals surface area contributed by atoms with Crippen LogP contribution in [-0.4, -0.2) is 24.8 Å². The van der Waals surface area contributed by atoms with Crippen molar-refractivity contribution in [2.45, 2.75) is 31.2 Å². The van der Waals surface area contributed by atoms with Crippen LogP contribution in [0.4, 0.5) is 0 Å². The van der Waals surface area contributed by atoms with Gasteiger partial charge in [-0.15, -0.1) is 12.3 Å². The van der Waals surface area contributed by atoms with Gasteiger partial charge in [-0.3, -0.25) is 0 Å². The minimum absolute atomic E-state index is 0.224. The van der Waals surface area contributed by atoms with Crippen LogP contribution in [0.3, 0.4) is 0 Å². The standard InChI is InChI=1S/C16H21NO2S/c1-6-12-16(4,5)17(13-7-2)20(18,19)15-10-8-14(3)9-11-15/h7-12H,1-2,13H2,3-5H3. The Kier molecular flexibility index (Phi) is 5.12. The molecule has 1 aromatic carbocycles. The Labute approximate surface area is 122 Å². The van der Waals surface area contributed by atoms with E-state index in [2.05, 4.69) is 18.9 Å². The first-order valence-electron chi connectivity index (χ1n) is 6.33. The first kappa shape index (κ1) is 16.4. The van der Waals surface area contributed by atoms with Gasteiger partial charge in [-0.1, -0.05) is 30.4 Å². The molecule has 0 saturated carbocycles. The Hall–Kier alpha value is -1.61. The van der Waals surface area contributed by atoms with Crippen LogP contribution < -0.4 is 0 Å². The molecular weight excluding hydrogens is 270 g/mol. The summed E-state index contributed by atoms with van der Waals surface area (Å²) < 4.78 is 26.9. The first-order chi connectivity index (χ1) is 9.25. The average molecular weight is 291 g/mol. The summed E-state index contributed by atoms with van der Waals surface area (Å²) in [5, 5.41) is 0. The van der Waals surface area contributed by atoms with Crippen molar-refractivity contribution in [3.8, 4) is 0 Å². The van der Waals surface area contributed by atoms with E-state index in [4.69, 9.17) is 0 Å². The molecule has 1 aromatic rings. The monoisotopic (exact) mass is 291 g/mol. The van der Waals surface area contributed by atoms with Gasteiger partial charge in [0.05, 0.1) is 10.4 Å². The number of rotatable bonds is 6. The van der Waals surface area contributed by atoms with Gasteiger partial charge in [0.2, 0.25) is 10.0 Å². The second-order valence-electron chi connectivity index (χ2n) is 5.14. The number of hydrogen-bond donors (Lipinski definition) is 0. The molecular formula is C16H21NO2S. The Morgan fingerprint density at radius 2 is 1.85 bits per heavy atom. The van der Waals surface area contributed by atoms with Crippen molar-refractivity contribution in [2.75, 3.05) is 6.54 Å². The molecule has 0 bridgehead atoms. The lowest BCUT2D eigenvalue weighted by molar-refractivity contribution is 0.304. The van der Waals surface area contributed by atoms with Crippen LogP contribution in [0, 0.1) is 6.92 Å². The number of benzene rings is 1. The molecule has 4 heteroatoms. The zero-order valence-electron chi connectivity index (χ0n) is 12.3. The quantitative estimate of drug-likeness (QED) is 0.596. The van der Waals surface area contributed by atoms with E-state index in [1.54, 1.807) is 50.3 Å². The predicted octanol–water partition coefficient (Wildman–Crippen LogP) is 3.29. The van der Waals surface area contributed by atoms with E-state index in [0.717, 1.165) is 5.56 Å². The Bertz CT molecular complexity index is 621. The molecule has 1 rings (SSSR count). The molecule has 0 N–H and O–H groups in total. The molecule has 0 aliphatic heterocycles. The summed E-state index contributed by atoms with van der Waals surface area (Å²) in [7, 11) is -3.60. The van der Waals surface area contributed by atoms with Gasteiger partial charge in [-0.2, -0.15) is 4.31 Å². The number of nitrogens with zero attached hydrogens (tertiary/aromatic N) is 1. The number of sulfonamides is 1. The minimum Gasteiger partial charge on any atom is -0.207 e. The largest absolute Gasteiger partial charge is 0.244 e. The molecule has 0 unspecified atom stereocenters. The second-order valence-corrected chi connectivity index (χ2v) is 7.00. The molecule has 0 aliphatic rings. The molecule has 0 heterocycles. The van der Waals surface area contributed by atoms with Crippen LogP contribution >= 0.6 is 0 Å². The molecule has 3 nitrogen and oxygen atoms in total. The third kappa shape index (κ3) is 3.48. The molecule has 0 amide bonds. The van der Waals surface area contributed by atoms with Gasteiger partial charge in [0.25, 0.3) is 0 Å². The van der Waals surface area contributed by atoms with Crippen LogP contribution in [0.5, 0.6) is 0 Å². The van der Waals surface area contributed by atoms with Crippen molar-refractivity contribution in [1.29, 1.82) is 0 Å². The molecule has 0 fully saturated rings. The van der Waals surface area contributed by atoms with E-state index in [1.165, 1.54) is 4.31 Å². The fourth-order valence-corrected chi connectivity index (χ4v) is 3.63. The maximum atomic E-state index is 12.8. The van der Waals surface area contributed by atoms with Crippen LogP contribution in [-0.2, 0) is 10.0 Å². The number of aryl methyl sites for hydroxylation is 1. The van der Waals surface area contributed by atoms with E-state index in [0.29, 0.717) is 0 Å². The fraction of sp³-hybridized carbons (Fsp3) is 0.312. The molecule has 0 saturated heterocycles. The van der Waals surface area contributed by atoms with Crippen molar-refractivity contribution >= 4 is 10.0 Å². The third-order valence-corrected chi connectivity index (χ3v) is 5.07. The highest BCUT2D eigenvalue weighted by Crippen LogP contribution is 2.25. The van der Waals surface area contributed by atoms with Gasteiger partial charge in [0.15, 0.2) is 0 Å². The highest BCUT2D eigenvalue weighted by molar-refractivity contribution is 7.89. The van der Waals surface area contributed by atoms with E-state index in [1.807, 2.05) is 6.92 Å². The molecule has 0 spiro atoms. The highest BCUT2D eigenvalue weighted by atomic mass is 32.2. The van der Waals surface area contributed by atoms with Crippen molar-refractivity contribution in [2.24, 2.45) is 0 Å². The number of hydrogen-bond acceptors (Lipinski definition) is 2. The second kappa shape index (κ2) is 6.23. The fourth-order valence-electron chi connectivity index (χ4n) is 1.92. The lowest BCUT2D eigenvalue weighted by Gasteiger charge is -2.34. The smallest absolute Gasteiger partial charge is 0.207 e. The highest BCUT2D eigenvalue weighted by Gasteiger charge is 2.34. The zero-order valence-corrected chi connectivity index (χ0v) is 13.1. The van der Waals surface area contributed by atoms with Crippen molar-refractivity contribution in [1.82, 2.24) is 4.31 Å². The van der Waals surface area contributed by atoms with Crippen LogP contribution in [0.1, 0.15) is 19.4 Å². The van der Waals surface area contributed by atoms with Gasteiger partial charge in [0.1, 0.15) is 0 Å². The summed E-state index contributed by atoms with van der Waals surface area (Å²) in [5.41, 5.74) is 2.96. The zero-order chi connectivity index (χ0) is 15.4. The van der Waals surface area contributed by atoms with E-state index in [9.17, 15) is 8.42 Å². The van der Waals surface area contributed by atoms with Crippen LogP contribution in [0.25, 0.3) is 0 Å². The Morgan fingerprint density at radius 1 is 1.30 bits per heavy atom. The maximum absolute atomic E-state index is 12.8. The van der Waals surface area contributed by atoms with Gasteiger partial charge in [-0.25, -0.2) is 8.42 Å². The molecule has 0 aromatic heterocycles. The predicted molar refractivity (Wildman–Crippen MR) is 83.1 cm³/mol. The Morgan fingerprint density at radius 3 is 2.30 bits per heavy atom. The maximum Gasteiger partial charge on any atom is 0.244 e. The molecule has 0 radical (unpaired) electrons. The normalized spacial score (nSPS) is 12.0. The Balaban J connectivity index is 3.36. The van der Waals surface area contributed by atoms with Gasteiger partial charge < -0.3 is 0 Å². The molecule has 108 valence electrons. The topological polar surface area (TPSA) is 37.4 Å². The third-order valence-electron chi connectivity index (χ3n) is 3.00. The van der Waals surface area contributed by atoms with Gasteiger partial charge in [0, 0.05) is 6.54 Å². The van der Waals surface area contributed by atoms with Crippen molar-refractivity contribution in [3.05, 3.63) is 60.9 Å². The summed E-state index contributed by atoms with van der Waals surface area (Å²) >= 11 is 0. The summed E-state index contributed by atoms with van der Waals surface area (Å²) in [6, 6.07) is 6.81.